The zero-order chi connectivity index (χ0) is 20.3. The van der Waals surface area contributed by atoms with Gasteiger partial charge in [-0.3, -0.25) is 4.79 Å². The van der Waals surface area contributed by atoms with Gasteiger partial charge in [0.05, 0.1) is 6.04 Å². The summed E-state index contributed by atoms with van der Waals surface area (Å²) in [6.07, 6.45) is 0. The molecule has 0 aliphatic carbocycles. The van der Waals surface area contributed by atoms with E-state index in [0.29, 0.717) is 15.8 Å². The van der Waals surface area contributed by atoms with Gasteiger partial charge in [0.15, 0.2) is 6.61 Å². The van der Waals surface area contributed by atoms with Gasteiger partial charge in [-0.2, -0.15) is 0 Å². The summed E-state index contributed by atoms with van der Waals surface area (Å²) in [5, 5.41) is 24.4. The first-order chi connectivity index (χ1) is 13.4. The van der Waals surface area contributed by atoms with E-state index in [-0.39, 0.29) is 23.1 Å². The van der Waals surface area contributed by atoms with E-state index in [9.17, 15) is 19.8 Å². The lowest BCUT2D eigenvalue weighted by Gasteiger charge is -2.15. The number of benzene rings is 3. The third-order valence-corrected chi connectivity index (χ3v) is 4.55. The molecular formula is C21H18ClNO5. The zero-order valence-electron chi connectivity index (χ0n) is 15.0. The fraction of sp³-hybridized carbons (Fsp3) is 0.143. The second kappa shape index (κ2) is 8.19. The minimum atomic E-state index is -0.909. The van der Waals surface area contributed by atoms with E-state index < -0.39 is 18.5 Å². The molecule has 0 unspecified atom stereocenters. The van der Waals surface area contributed by atoms with Crippen molar-refractivity contribution in [1.29, 1.82) is 0 Å². The van der Waals surface area contributed by atoms with E-state index in [2.05, 4.69) is 5.32 Å². The van der Waals surface area contributed by atoms with Crippen molar-refractivity contribution < 1.29 is 24.5 Å². The average Bonchev–Trinajstić information content (AvgIpc) is 2.69. The second-order valence-electron chi connectivity index (χ2n) is 6.25. The third kappa shape index (κ3) is 4.18. The minimum Gasteiger partial charge on any atom is -0.507 e. The number of ether oxygens (including phenoxy) is 1. The van der Waals surface area contributed by atoms with E-state index in [1.807, 2.05) is 0 Å². The SMILES string of the molecule is C[C@@H](NC(=O)COC(=O)c1cc(O)c2ccccc2c1O)c1ccc(Cl)cc1. The number of halogens is 1. The molecule has 0 radical (unpaired) electrons. The molecule has 0 saturated carbocycles. The Hall–Kier alpha value is -3.25. The summed E-state index contributed by atoms with van der Waals surface area (Å²) in [4.78, 5) is 24.3. The van der Waals surface area contributed by atoms with Crippen molar-refractivity contribution in [3.63, 3.8) is 0 Å². The maximum absolute atomic E-state index is 12.3. The summed E-state index contributed by atoms with van der Waals surface area (Å²) >= 11 is 5.84. The molecule has 144 valence electrons. The van der Waals surface area contributed by atoms with Crippen LogP contribution in [0.3, 0.4) is 0 Å². The summed E-state index contributed by atoms with van der Waals surface area (Å²) < 4.78 is 4.99. The fourth-order valence-corrected chi connectivity index (χ4v) is 2.95. The Labute approximate surface area is 166 Å². The Morgan fingerprint density at radius 3 is 2.39 bits per heavy atom. The largest absolute Gasteiger partial charge is 0.507 e. The number of esters is 1. The highest BCUT2D eigenvalue weighted by Crippen LogP contribution is 2.35. The van der Waals surface area contributed by atoms with Gasteiger partial charge in [0, 0.05) is 15.8 Å². The normalized spacial score (nSPS) is 11.8. The number of carbonyl (C=O) groups excluding carboxylic acids is 2. The molecule has 0 bridgehead atoms. The first-order valence-electron chi connectivity index (χ1n) is 8.52. The minimum absolute atomic E-state index is 0.166. The summed E-state index contributed by atoms with van der Waals surface area (Å²) in [5.41, 5.74) is 0.635. The second-order valence-corrected chi connectivity index (χ2v) is 6.69. The first-order valence-corrected chi connectivity index (χ1v) is 8.90. The Bertz CT molecular complexity index is 1030. The fourth-order valence-electron chi connectivity index (χ4n) is 2.82. The number of nitrogens with one attached hydrogen (secondary N) is 1. The number of phenolic OH excluding ortho intramolecular Hbond substituents is 2. The highest BCUT2D eigenvalue weighted by molar-refractivity contribution is 6.30. The van der Waals surface area contributed by atoms with Crippen molar-refractivity contribution in [1.82, 2.24) is 5.32 Å². The molecule has 0 aliphatic rings. The van der Waals surface area contributed by atoms with E-state index in [4.69, 9.17) is 16.3 Å². The standard InChI is InChI=1S/C21H18ClNO5/c1-12(13-6-8-14(22)9-7-13)23-19(25)11-28-21(27)17-10-18(24)15-4-2-3-5-16(15)20(17)26/h2-10,12,24,26H,11H2,1H3,(H,23,25)/t12-/m1/s1. The lowest BCUT2D eigenvalue weighted by Crippen LogP contribution is -2.31. The van der Waals surface area contributed by atoms with Crippen LogP contribution in [0.1, 0.15) is 28.9 Å². The zero-order valence-corrected chi connectivity index (χ0v) is 15.7. The quantitative estimate of drug-likeness (QED) is 0.446. The Balaban J connectivity index is 1.65. The van der Waals surface area contributed by atoms with Gasteiger partial charge in [-0.1, -0.05) is 48.0 Å². The molecular weight excluding hydrogens is 382 g/mol. The molecule has 7 heteroatoms. The molecule has 3 aromatic carbocycles. The maximum atomic E-state index is 12.3. The molecule has 0 spiro atoms. The number of hydrogen-bond donors (Lipinski definition) is 3. The third-order valence-electron chi connectivity index (χ3n) is 4.30. The Morgan fingerprint density at radius 1 is 1.07 bits per heavy atom. The summed E-state index contributed by atoms with van der Waals surface area (Å²) in [5.74, 6) is -1.89. The first kappa shape index (κ1) is 19.5. The van der Waals surface area contributed by atoms with Crippen molar-refractivity contribution in [2.75, 3.05) is 6.61 Å². The van der Waals surface area contributed by atoms with Crippen molar-refractivity contribution in [3.8, 4) is 11.5 Å². The number of amides is 1. The van der Waals surface area contributed by atoms with Crippen LogP contribution >= 0.6 is 11.6 Å². The van der Waals surface area contributed by atoms with Crippen LogP contribution in [-0.4, -0.2) is 28.7 Å². The van der Waals surface area contributed by atoms with E-state index >= 15 is 0 Å². The number of aromatic hydroxyl groups is 2. The highest BCUT2D eigenvalue weighted by atomic mass is 35.5. The van der Waals surface area contributed by atoms with Crippen LogP contribution in [0.4, 0.5) is 0 Å². The molecule has 0 aromatic heterocycles. The maximum Gasteiger partial charge on any atom is 0.342 e. The number of rotatable bonds is 5. The van der Waals surface area contributed by atoms with Gasteiger partial charge in [-0.05, 0) is 30.7 Å². The van der Waals surface area contributed by atoms with Crippen LogP contribution < -0.4 is 5.32 Å². The van der Waals surface area contributed by atoms with Gasteiger partial charge in [0.1, 0.15) is 17.1 Å². The topological polar surface area (TPSA) is 95.9 Å². The molecule has 0 fully saturated rings. The molecule has 3 aromatic rings. The summed E-state index contributed by atoms with van der Waals surface area (Å²) in [6.45, 7) is 1.26. The van der Waals surface area contributed by atoms with Crippen LogP contribution in [0, 0.1) is 0 Å². The van der Waals surface area contributed by atoms with Crippen LogP contribution in [0.15, 0.2) is 54.6 Å². The number of fused-ring (bicyclic) bond motifs is 1. The van der Waals surface area contributed by atoms with Crippen LogP contribution in [0.2, 0.25) is 5.02 Å². The molecule has 1 atom stereocenters. The molecule has 1 amide bonds. The van der Waals surface area contributed by atoms with E-state index in [1.165, 1.54) is 0 Å². The predicted octanol–water partition coefficient (Wildman–Crippen LogP) is 3.94. The molecule has 6 nitrogen and oxygen atoms in total. The van der Waals surface area contributed by atoms with Crippen molar-refractivity contribution in [2.45, 2.75) is 13.0 Å². The highest BCUT2D eigenvalue weighted by Gasteiger charge is 2.19. The molecule has 3 N–H and O–H groups in total. The molecule has 0 saturated heterocycles. The van der Waals surface area contributed by atoms with E-state index in [1.54, 1.807) is 55.5 Å². The Kier molecular flexibility index (Phi) is 5.70. The van der Waals surface area contributed by atoms with Crippen molar-refractivity contribution in [2.24, 2.45) is 0 Å². The van der Waals surface area contributed by atoms with Gasteiger partial charge in [0.25, 0.3) is 5.91 Å². The van der Waals surface area contributed by atoms with Crippen molar-refractivity contribution >= 4 is 34.2 Å². The predicted molar refractivity (Wildman–Crippen MR) is 106 cm³/mol. The average molecular weight is 400 g/mol. The molecule has 0 heterocycles. The van der Waals surface area contributed by atoms with Gasteiger partial charge in [-0.25, -0.2) is 4.79 Å². The van der Waals surface area contributed by atoms with Gasteiger partial charge in [-0.15, -0.1) is 0 Å². The van der Waals surface area contributed by atoms with E-state index in [0.717, 1.165) is 11.6 Å². The number of hydrogen-bond acceptors (Lipinski definition) is 5. The summed E-state index contributed by atoms with van der Waals surface area (Å²) in [6, 6.07) is 14.4. The number of phenols is 2. The van der Waals surface area contributed by atoms with Crippen LogP contribution in [0.5, 0.6) is 11.5 Å². The van der Waals surface area contributed by atoms with Crippen LogP contribution in [0.25, 0.3) is 10.8 Å². The lowest BCUT2D eigenvalue weighted by molar-refractivity contribution is -0.124. The van der Waals surface area contributed by atoms with Gasteiger partial charge in [0.2, 0.25) is 0 Å². The van der Waals surface area contributed by atoms with Crippen LogP contribution in [-0.2, 0) is 9.53 Å². The van der Waals surface area contributed by atoms with Gasteiger partial charge >= 0.3 is 5.97 Å². The molecule has 3 rings (SSSR count). The lowest BCUT2D eigenvalue weighted by atomic mass is 10.0. The molecule has 28 heavy (non-hydrogen) atoms. The van der Waals surface area contributed by atoms with Crippen molar-refractivity contribution in [3.05, 3.63) is 70.7 Å². The Morgan fingerprint density at radius 2 is 1.71 bits per heavy atom. The smallest absolute Gasteiger partial charge is 0.342 e. The summed E-state index contributed by atoms with van der Waals surface area (Å²) in [7, 11) is 0. The van der Waals surface area contributed by atoms with Gasteiger partial charge < -0.3 is 20.3 Å². The number of carbonyl (C=O) groups is 2. The monoisotopic (exact) mass is 399 g/mol. The molecule has 0 aliphatic heterocycles.